The molecule has 29 heavy (non-hydrogen) atoms. The van der Waals surface area contributed by atoms with E-state index in [0.29, 0.717) is 24.6 Å². The molecule has 1 saturated heterocycles. The Morgan fingerprint density at radius 1 is 1.21 bits per heavy atom. The number of hydrogen-bond donors (Lipinski definition) is 0. The van der Waals surface area contributed by atoms with Crippen molar-refractivity contribution in [1.29, 1.82) is 0 Å². The third-order valence-electron chi connectivity index (χ3n) is 5.16. The summed E-state index contributed by atoms with van der Waals surface area (Å²) < 4.78 is 49.8. The SMILES string of the molecule is COc1cccc(CN2CCCC(N(C)c3nccc(C(F)(F)F)n3)C2)c1OC. The van der Waals surface area contributed by atoms with Crippen molar-refractivity contribution in [2.45, 2.75) is 31.6 Å². The van der Waals surface area contributed by atoms with Crippen molar-refractivity contribution >= 4 is 5.95 Å². The molecule has 1 fully saturated rings. The van der Waals surface area contributed by atoms with Crippen molar-refractivity contribution in [3.05, 3.63) is 41.7 Å². The number of aromatic nitrogens is 2. The summed E-state index contributed by atoms with van der Waals surface area (Å²) in [4.78, 5) is 11.8. The molecule has 0 amide bonds. The lowest BCUT2D eigenvalue weighted by atomic mass is 10.0. The normalized spacial score (nSPS) is 17.8. The molecule has 0 N–H and O–H groups in total. The lowest BCUT2D eigenvalue weighted by Crippen LogP contribution is -2.46. The van der Waals surface area contributed by atoms with E-state index in [-0.39, 0.29) is 12.0 Å². The van der Waals surface area contributed by atoms with Gasteiger partial charge in [0.15, 0.2) is 11.5 Å². The van der Waals surface area contributed by atoms with Crippen LogP contribution >= 0.6 is 0 Å². The van der Waals surface area contributed by atoms with Gasteiger partial charge >= 0.3 is 6.18 Å². The Balaban J connectivity index is 1.73. The number of ether oxygens (including phenoxy) is 2. The zero-order chi connectivity index (χ0) is 21.0. The fourth-order valence-electron chi connectivity index (χ4n) is 3.65. The zero-order valence-electron chi connectivity index (χ0n) is 16.7. The van der Waals surface area contributed by atoms with Crippen LogP contribution in [0.4, 0.5) is 19.1 Å². The first-order chi connectivity index (χ1) is 13.8. The second kappa shape index (κ2) is 8.86. The van der Waals surface area contributed by atoms with E-state index in [1.807, 2.05) is 18.2 Å². The van der Waals surface area contributed by atoms with Gasteiger partial charge in [-0.05, 0) is 31.5 Å². The van der Waals surface area contributed by atoms with E-state index in [4.69, 9.17) is 9.47 Å². The summed E-state index contributed by atoms with van der Waals surface area (Å²) in [6.45, 7) is 2.25. The van der Waals surface area contributed by atoms with Gasteiger partial charge < -0.3 is 14.4 Å². The average molecular weight is 410 g/mol. The second-order valence-corrected chi connectivity index (χ2v) is 7.03. The molecule has 2 aromatic rings. The monoisotopic (exact) mass is 410 g/mol. The van der Waals surface area contributed by atoms with Crippen molar-refractivity contribution < 1.29 is 22.6 Å². The van der Waals surface area contributed by atoms with Crippen LogP contribution in [0.3, 0.4) is 0 Å². The van der Waals surface area contributed by atoms with Crippen LogP contribution in [-0.2, 0) is 12.7 Å². The molecule has 0 saturated carbocycles. The van der Waals surface area contributed by atoms with Crippen molar-refractivity contribution in [2.24, 2.45) is 0 Å². The number of alkyl halides is 3. The highest BCUT2D eigenvalue weighted by Crippen LogP contribution is 2.33. The molecular formula is C20H25F3N4O2. The highest BCUT2D eigenvalue weighted by atomic mass is 19.4. The minimum Gasteiger partial charge on any atom is -0.493 e. The van der Waals surface area contributed by atoms with E-state index in [1.165, 1.54) is 0 Å². The minimum atomic E-state index is -4.49. The van der Waals surface area contributed by atoms with Gasteiger partial charge in [-0.25, -0.2) is 9.97 Å². The number of anilines is 1. The first kappa shape index (κ1) is 21.2. The Bertz CT molecular complexity index is 832. The molecular weight excluding hydrogens is 385 g/mol. The number of methoxy groups -OCH3 is 2. The van der Waals surface area contributed by atoms with E-state index >= 15 is 0 Å². The smallest absolute Gasteiger partial charge is 0.433 e. The predicted molar refractivity (Wildman–Crippen MR) is 103 cm³/mol. The molecule has 9 heteroatoms. The molecule has 1 atom stereocenters. The van der Waals surface area contributed by atoms with E-state index in [2.05, 4.69) is 14.9 Å². The first-order valence-electron chi connectivity index (χ1n) is 9.38. The average Bonchev–Trinajstić information content (AvgIpc) is 2.72. The van der Waals surface area contributed by atoms with Crippen molar-refractivity contribution in [3.63, 3.8) is 0 Å². The molecule has 3 rings (SSSR count). The van der Waals surface area contributed by atoms with E-state index in [1.54, 1.807) is 26.2 Å². The maximum Gasteiger partial charge on any atom is 0.433 e. The quantitative estimate of drug-likeness (QED) is 0.725. The van der Waals surface area contributed by atoms with Gasteiger partial charge in [0, 0.05) is 37.9 Å². The van der Waals surface area contributed by atoms with Crippen LogP contribution in [-0.4, -0.2) is 55.3 Å². The van der Waals surface area contributed by atoms with Crippen LogP contribution < -0.4 is 14.4 Å². The number of para-hydroxylation sites is 1. The van der Waals surface area contributed by atoms with E-state index in [9.17, 15) is 13.2 Å². The Morgan fingerprint density at radius 3 is 2.69 bits per heavy atom. The highest BCUT2D eigenvalue weighted by Gasteiger charge is 2.34. The van der Waals surface area contributed by atoms with Crippen molar-refractivity contribution in [1.82, 2.24) is 14.9 Å². The lowest BCUT2D eigenvalue weighted by Gasteiger charge is -2.38. The number of piperidine rings is 1. The molecule has 1 aromatic heterocycles. The molecule has 0 aliphatic carbocycles. The number of likely N-dealkylation sites (tertiary alicyclic amines) is 1. The molecule has 0 bridgehead atoms. The number of benzene rings is 1. The third-order valence-corrected chi connectivity index (χ3v) is 5.16. The standard InChI is InChI=1S/C20H25F3N4O2/c1-26(19-24-10-9-17(25-19)20(21,22)23)15-7-5-11-27(13-15)12-14-6-4-8-16(28-2)18(14)29-3/h4,6,8-10,15H,5,7,11-13H2,1-3H3. The number of halogens is 3. The highest BCUT2D eigenvalue weighted by molar-refractivity contribution is 5.46. The molecule has 1 aliphatic rings. The van der Waals surface area contributed by atoms with Gasteiger partial charge in [0.05, 0.1) is 14.2 Å². The van der Waals surface area contributed by atoms with Crippen LogP contribution in [0.2, 0.25) is 0 Å². The summed E-state index contributed by atoms with van der Waals surface area (Å²) in [6.07, 6.45) is -1.54. The third kappa shape index (κ3) is 4.90. The maximum atomic E-state index is 13.0. The number of rotatable bonds is 6. The van der Waals surface area contributed by atoms with Crippen molar-refractivity contribution in [2.75, 3.05) is 39.3 Å². The Kier molecular flexibility index (Phi) is 6.46. The Labute approximate surface area is 168 Å². The van der Waals surface area contributed by atoms with Gasteiger partial charge in [-0.2, -0.15) is 13.2 Å². The summed E-state index contributed by atoms with van der Waals surface area (Å²) in [5.41, 5.74) is 0.0774. The van der Waals surface area contributed by atoms with Gasteiger partial charge in [0.1, 0.15) is 5.69 Å². The summed E-state index contributed by atoms with van der Waals surface area (Å²) in [6, 6.07) is 6.66. The van der Waals surface area contributed by atoms with E-state index in [0.717, 1.165) is 37.2 Å². The van der Waals surface area contributed by atoms with Crippen molar-refractivity contribution in [3.8, 4) is 11.5 Å². The molecule has 1 unspecified atom stereocenters. The Hall–Kier alpha value is -2.55. The molecule has 6 nitrogen and oxygen atoms in total. The summed E-state index contributed by atoms with van der Waals surface area (Å²) >= 11 is 0. The van der Waals surface area contributed by atoms with Crippen LogP contribution in [0.25, 0.3) is 0 Å². The zero-order valence-corrected chi connectivity index (χ0v) is 16.7. The van der Waals surface area contributed by atoms with Gasteiger partial charge in [0.25, 0.3) is 0 Å². The first-order valence-corrected chi connectivity index (χ1v) is 9.38. The largest absolute Gasteiger partial charge is 0.493 e. The molecule has 158 valence electrons. The summed E-state index contributed by atoms with van der Waals surface area (Å²) in [5, 5.41) is 0. The number of nitrogens with zero attached hydrogens (tertiary/aromatic N) is 4. The molecule has 1 aromatic carbocycles. The van der Waals surface area contributed by atoms with Crippen LogP contribution in [0.15, 0.2) is 30.5 Å². The predicted octanol–water partition coefficient (Wildman–Crippen LogP) is 3.61. The molecule has 2 heterocycles. The van der Waals surface area contributed by atoms with Crippen LogP contribution in [0, 0.1) is 0 Å². The minimum absolute atomic E-state index is 0.0174. The lowest BCUT2D eigenvalue weighted by molar-refractivity contribution is -0.141. The molecule has 0 spiro atoms. The molecule has 1 aliphatic heterocycles. The fourth-order valence-corrected chi connectivity index (χ4v) is 3.65. The van der Waals surface area contributed by atoms with E-state index < -0.39 is 11.9 Å². The Morgan fingerprint density at radius 2 is 2.00 bits per heavy atom. The van der Waals surface area contributed by atoms with Gasteiger partial charge in [-0.15, -0.1) is 0 Å². The fraction of sp³-hybridized carbons (Fsp3) is 0.500. The topological polar surface area (TPSA) is 50.7 Å². The summed E-state index contributed by atoms with van der Waals surface area (Å²) in [7, 11) is 4.96. The van der Waals surface area contributed by atoms with Gasteiger partial charge in [-0.1, -0.05) is 12.1 Å². The van der Waals surface area contributed by atoms with Crippen LogP contribution in [0.1, 0.15) is 24.1 Å². The second-order valence-electron chi connectivity index (χ2n) is 7.03. The van der Waals surface area contributed by atoms with Crippen LogP contribution in [0.5, 0.6) is 11.5 Å². The maximum absolute atomic E-state index is 13.0. The summed E-state index contributed by atoms with van der Waals surface area (Å²) in [5.74, 6) is 1.46. The van der Waals surface area contributed by atoms with Gasteiger partial charge in [-0.3, -0.25) is 4.90 Å². The molecule has 0 radical (unpaired) electrons. The number of hydrogen-bond acceptors (Lipinski definition) is 6. The van der Waals surface area contributed by atoms with Gasteiger partial charge in [0.2, 0.25) is 5.95 Å². The number of likely N-dealkylation sites (N-methyl/N-ethyl adjacent to an activating group) is 1.